The predicted octanol–water partition coefficient (Wildman–Crippen LogP) is 3.76. The van der Waals surface area contributed by atoms with Crippen molar-refractivity contribution in [2.75, 3.05) is 12.4 Å². The summed E-state index contributed by atoms with van der Waals surface area (Å²) in [6.07, 6.45) is 1.53. The molecule has 4 nitrogen and oxygen atoms in total. The van der Waals surface area contributed by atoms with Gasteiger partial charge in [0.2, 0.25) is 0 Å². The third-order valence-electron chi connectivity index (χ3n) is 2.40. The predicted molar refractivity (Wildman–Crippen MR) is 77.9 cm³/mol. The molecular weight excluding hydrogens is 332 g/mol. The van der Waals surface area contributed by atoms with Crippen LogP contribution in [0, 0.1) is 0 Å². The molecule has 0 aliphatic rings. The van der Waals surface area contributed by atoms with Crippen molar-refractivity contribution in [2.24, 2.45) is 0 Å². The molecule has 0 radical (unpaired) electrons. The Balaban J connectivity index is 2.18. The molecule has 1 heterocycles. The van der Waals surface area contributed by atoms with Crippen LogP contribution < -0.4 is 10.1 Å². The fraction of sp³-hybridized carbons (Fsp3) is 0.0769. The number of halogens is 2. The lowest BCUT2D eigenvalue weighted by Gasteiger charge is -2.07. The summed E-state index contributed by atoms with van der Waals surface area (Å²) >= 11 is 9.09. The molecule has 0 saturated carbocycles. The van der Waals surface area contributed by atoms with E-state index in [1.165, 1.54) is 6.20 Å². The van der Waals surface area contributed by atoms with Crippen molar-refractivity contribution < 1.29 is 9.53 Å². The minimum Gasteiger partial charge on any atom is -0.496 e. The number of methoxy groups -OCH3 is 1. The number of carbonyl (C=O) groups excluding carboxylic acids is 1. The standard InChI is InChI=1S/C13H10BrClN2O2/c1-19-11-3-2-8(6-10(11)14)13(18)17-9-4-5-16-12(15)7-9/h2-7H,1H3,(H,16,17,18). The highest BCUT2D eigenvalue weighted by molar-refractivity contribution is 9.10. The molecule has 0 atom stereocenters. The van der Waals surface area contributed by atoms with Crippen LogP contribution >= 0.6 is 27.5 Å². The Morgan fingerprint density at radius 3 is 2.79 bits per heavy atom. The fourth-order valence-corrected chi connectivity index (χ4v) is 2.21. The molecule has 0 aliphatic heterocycles. The summed E-state index contributed by atoms with van der Waals surface area (Å²) in [5.74, 6) is 0.439. The van der Waals surface area contributed by atoms with E-state index in [-0.39, 0.29) is 5.91 Å². The summed E-state index contributed by atoms with van der Waals surface area (Å²) in [4.78, 5) is 15.9. The van der Waals surface area contributed by atoms with Crippen LogP contribution in [-0.4, -0.2) is 18.0 Å². The number of pyridine rings is 1. The molecule has 0 spiro atoms. The van der Waals surface area contributed by atoms with Crippen LogP contribution in [0.3, 0.4) is 0 Å². The summed E-state index contributed by atoms with van der Waals surface area (Å²) < 4.78 is 5.83. The minimum atomic E-state index is -0.231. The Hall–Kier alpha value is -1.59. The highest BCUT2D eigenvalue weighted by atomic mass is 79.9. The molecule has 0 fully saturated rings. The summed E-state index contributed by atoms with van der Waals surface area (Å²) in [6, 6.07) is 8.34. The second-order valence-electron chi connectivity index (χ2n) is 3.67. The molecule has 2 rings (SSSR count). The third kappa shape index (κ3) is 3.45. The lowest BCUT2D eigenvalue weighted by molar-refractivity contribution is 0.102. The van der Waals surface area contributed by atoms with E-state index in [0.29, 0.717) is 22.2 Å². The molecule has 19 heavy (non-hydrogen) atoms. The number of nitrogens with zero attached hydrogens (tertiary/aromatic N) is 1. The van der Waals surface area contributed by atoms with Crippen molar-refractivity contribution in [3.05, 3.63) is 51.7 Å². The maximum absolute atomic E-state index is 12.0. The van der Waals surface area contributed by atoms with E-state index in [2.05, 4.69) is 26.2 Å². The molecule has 0 aliphatic carbocycles. The number of aromatic nitrogens is 1. The van der Waals surface area contributed by atoms with Gasteiger partial charge in [-0.25, -0.2) is 4.98 Å². The second-order valence-corrected chi connectivity index (χ2v) is 4.91. The normalized spacial score (nSPS) is 10.1. The van der Waals surface area contributed by atoms with E-state index in [4.69, 9.17) is 16.3 Å². The van der Waals surface area contributed by atoms with Gasteiger partial charge in [0.25, 0.3) is 5.91 Å². The van der Waals surface area contributed by atoms with Crippen LogP contribution in [0.2, 0.25) is 5.15 Å². The van der Waals surface area contributed by atoms with Gasteiger partial charge in [0.15, 0.2) is 0 Å². The summed E-state index contributed by atoms with van der Waals surface area (Å²) in [5, 5.41) is 3.07. The average molecular weight is 342 g/mol. The van der Waals surface area contributed by atoms with Gasteiger partial charge in [-0.1, -0.05) is 11.6 Å². The highest BCUT2D eigenvalue weighted by Crippen LogP contribution is 2.26. The molecule has 0 unspecified atom stereocenters. The topological polar surface area (TPSA) is 51.2 Å². The molecule has 0 bridgehead atoms. The summed E-state index contributed by atoms with van der Waals surface area (Å²) in [5.41, 5.74) is 1.11. The monoisotopic (exact) mass is 340 g/mol. The maximum Gasteiger partial charge on any atom is 0.255 e. The van der Waals surface area contributed by atoms with Crippen LogP contribution in [0.5, 0.6) is 5.75 Å². The summed E-state index contributed by atoms with van der Waals surface area (Å²) in [6.45, 7) is 0. The Morgan fingerprint density at radius 1 is 1.37 bits per heavy atom. The number of ether oxygens (including phenoxy) is 1. The van der Waals surface area contributed by atoms with Crippen molar-refractivity contribution in [3.8, 4) is 5.75 Å². The van der Waals surface area contributed by atoms with Gasteiger partial charge in [-0.05, 0) is 46.3 Å². The van der Waals surface area contributed by atoms with Gasteiger partial charge < -0.3 is 10.1 Å². The maximum atomic E-state index is 12.0. The van der Waals surface area contributed by atoms with Crippen molar-refractivity contribution >= 4 is 39.1 Å². The van der Waals surface area contributed by atoms with Gasteiger partial charge in [-0.15, -0.1) is 0 Å². The van der Waals surface area contributed by atoms with Gasteiger partial charge >= 0.3 is 0 Å². The molecule has 2 aromatic rings. The molecule has 1 N–H and O–H groups in total. The second kappa shape index (κ2) is 6.04. The van der Waals surface area contributed by atoms with Gasteiger partial charge in [-0.2, -0.15) is 0 Å². The first-order chi connectivity index (χ1) is 9.10. The number of hydrogen-bond donors (Lipinski definition) is 1. The average Bonchev–Trinajstić information content (AvgIpc) is 2.38. The van der Waals surface area contributed by atoms with E-state index >= 15 is 0 Å². The number of amides is 1. The zero-order chi connectivity index (χ0) is 13.8. The molecular formula is C13H10BrClN2O2. The van der Waals surface area contributed by atoms with E-state index in [1.54, 1.807) is 37.4 Å². The molecule has 98 valence electrons. The number of anilines is 1. The van der Waals surface area contributed by atoms with Crippen LogP contribution in [0.15, 0.2) is 41.0 Å². The van der Waals surface area contributed by atoms with Crippen molar-refractivity contribution in [1.82, 2.24) is 4.98 Å². The lowest BCUT2D eigenvalue weighted by Crippen LogP contribution is -2.12. The van der Waals surface area contributed by atoms with Gasteiger partial charge in [0.1, 0.15) is 10.9 Å². The van der Waals surface area contributed by atoms with Crippen LogP contribution in [0.25, 0.3) is 0 Å². The Kier molecular flexibility index (Phi) is 4.39. The summed E-state index contributed by atoms with van der Waals surface area (Å²) in [7, 11) is 1.57. The number of carbonyl (C=O) groups is 1. The number of benzene rings is 1. The van der Waals surface area contributed by atoms with Gasteiger partial charge in [-0.3, -0.25) is 4.79 Å². The lowest BCUT2D eigenvalue weighted by atomic mass is 10.2. The minimum absolute atomic E-state index is 0.231. The van der Waals surface area contributed by atoms with Crippen LogP contribution in [0.4, 0.5) is 5.69 Å². The molecule has 1 amide bonds. The zero-order valence-corrected chi connectivity index (χ0v) is 12.3. The highest BCUT2D eigenvalue weighted by Gasteiger charge is 2.09. The Bertz CT molecular complexity index is 619. The first-order valence-electron chi connectivity index (χ1n) is 5.36. The van der Waals surface area contributed by atoms with Crippen LogP contribution in [-0.2, 0) is 0 Å². The van der Waals surface area contributed by atoms with E-state index < -0.39 is 0 Å². The third-order valence-corrected chi connectivity index (χ3v) is 3.22. The molecule has 6 heteroatoms. The van der Waals surface area contributed by atoms with E-state index in [0.717, 1.165) is 4.47 Å². The Morgan fingerprint density at radius 2 is 2.16 bits per heavy atom. The van der Waals surface area contributed by atoms with E-state index in [9.17, 15) is 4.79 Å². The number of nitrogens with one attached hydrogen (secondary N) is 1. The first-order valence-corrected chi connectivity index (χ1v) is 6.53. The van der Waals surface area contributed by atoms with Gasteiger partial charge in [0.05, 0.1) is 11.6 Å². The van der Waals surface area contributed by atoms with Crippen LogP contribution in [0.1, 0.15) is 10.4 Å². The smallest absolute Gasteiger partial charge is 0.255 e. The zero-order valence-electron chi connectivity index (χ0n) is 9.98. The first kappa shape index (κ1) is 13.8. The molecule has 0 saturated heterocycles. The molecule has 1 aromatic carbocycles. The SMILES string of the molecule is COc1ccc(C(=O)Nc2ccnc(Cl)c2)cc1Br. The van der Waals surface area contributed by atoms with Crippen molar-refractivity contribution in [3.63, 3.8) is 0 Å². The number of hydrogen-bond acceptors (Lipinski definition) is 3. The van der Waals surface area contributed by atoms with Crippen molar-refractivity contribution in [2.45, 2.75) is 0 Å². The van der Waals surface area contributed by atoms with E-state index in [1.807, 2.05) is 0 Å². The Labute approximate surface area is 123 Å². The molecule has 1 aromatic heterocycles. The number of rotatable bonds is 3. The quantitative estimate of drug-likeness (QED) is 0.865. The largest absolute Gasteiger partial charge is 0.496 e. The van der Waals surface area contributed by atoms with Crippen molar-refractivity contribution in [1.29, 1.82) is 0 Å². The fourth-order valence-electron chi connectivity index (χ4n) is 1.49. The van der Waals surface area contributed by atoms with Gasteiger partial charge in [0, 0.05) is 17.4 Å².